The Morgan fingerprint density at radius 3 is 2.60 bits per heavy atom. The molecule has 4 aromatic rings. The molecule has 0 bridgehead atoms. The average molecular weight is 403 g/mol. The third kappa shape index (κ3) is 3.93. The molecule has 0 saturated carbocycles. The van der Waals surface area contributed by atoms with E-state index in [-0.39, 0.29) is 30.2 Å². The zero-order valence-corrected chi connectivity index (χ0v) is 16.7. The summed E-state index contributed by atoms with van der Waals surface area (Å²) in [5.74, 6) is 1.16. The van der Waals surface area contributed by atoms with E-state index in [1.807, 2.05) is 48.5 Å². The first-order chi connectivity index (χ1) is 14.5. The second-order valence-electron chi connectivity index (χ2n) is 6.86. The lowest BCUT2D eigenvalue weighted by Crippen LogP contribution is -2.32. The van der Waals surface area contributed by atoms with Gasteiger partial charge in [0.25, 0.3) is 11.3 Å². The van der Waals surface area contributed by atoms with Crippen molar-refractivity contribution in [1.29, 1.82) is 0 Å². The van der Waals surface area contributed by atoms with Crippen LogP contribution in [0.25, 0.3) is 5.78 Å². The van der Waals surface area contributed by atoms with Crippen LogP contribution in [-0.2, 0) is 17.8 Å². The van der Waals surface area contributed by atoms with Crippen LogP contribution in [0.4, 0.5) is 5.69 Å². The normalized spacial score (nSPS) is 10.9. The van der Waals surface area contributed by atoms with Crippen molar-refractivity contribution in [3.63, 3.8) is 0 Å². The zero-order chi connectivity index (χ0) is 21.1. The molecule has 0 aliphatic heterocycles. The summed E-state index contributed by atoms with van der Waals surface area (Å²) in [6.07, 6.45) is 0.219. The minimum atomic E-state index is -0.254. The second kappa shape index (κ2) is 8.20. The number of rotatable bonds is 6. The van der Waals surface area contributed by atoms with E-state index in [4.69, 9.17) is 4.74 Å². The van der Waals surface area contributed by atoms with E-state index in [0.717, 1.165) is 5.56 Å². The van der Waals surface area contributed by atoms with Crippen molar-refractivity contribution in [3.05, 3.63) is 88.1 Å². The molecule has 0 fully saturated rings. The van der Waals surface area contributed by atoms with Gasteiger partial charge in [0.1, 0.15) is 11.6 Å². The zero-order valence-electron chi connectivity index (χ0n) is 16.7. The number of carbonyl (C=O) groups is 1. The summed E-state index contributed by atoms with van der Waals surface area (Å²) in [5, 5.41) is 2.94. The van der Waals surface area contributed by atoms with Crippen molar-refractivity contribution < 1.29 is 9.53 Å². The summed E-state index contributed by atoms with van der Waals surface area (Å²) in [5.41, 5.74) is 1.86. The molecule has 0 saturated heterocycles. The van der Waals surface area contributed by atoms with Gasteiger partial charge in [0.2, 0.25) is 5.91 Å². The van der Waals surface area contributed by atoms with Crippen molar-refractivity contribution >= 4 is 17.4 Å². The number of aromatic amines is 1. The number of anilines is 1. The molecule has 8 nitrogen and oxygen atoms in total. The standard InChI is InChI=1S/C22H21N5O3/c1-15-12-21(29)27-22(23-15)24-19(25-27)14-26(17-10-6-7-11-18(17)30-2)20(28)13-16-8-4-3-5-9-16/h3-12H,13-14H2,1-2H3,(H,23,24,25). The maximum atomic E-state index is 13.3. The number of benzene rings is 2. The topological polar surface area (TPSA) is 92.6 Å². The third-order valence-electron chi connectivity index (χ3n) is 4.69. The van der Waals surface area contributed by atoms with Crippen molar-refractivity contribution in [1.82, 2.24) is 19.6 Å². The van der Waals surface area contributed by atoms with Gasteiger partial charge in [0.15, 0.2) is 0 Å². The summed E-state index contributed by atoms with van der Waals surface area (Å²) < 4.78 is 6.73. The number of aromatic nitrogens is 4. The summed E-state index contributed by atoms with van der Waals surface area (Å²) in [6.45, 7) is 1.87. The summed E-state index contributed by atoms with van der Waals surface area (Å²) in [6, 6.07) is 18.2. The largest absolute Gasteiger partial charge is 0.495 e. The molecule has 0 aliphatic carbocycles. The number of aryl methyl sites for hydroxylation is 1. The number of ether oxygens (including phenoxy) is 1. The number of para-hydroxylation sites is 2. The molecule has 1 amide bonds. The van der Waals surface area contributed by atoms with Crippen LogP contribution in [0.3, 0.4) is 0 Å². The number of nitrogens with zero attached hydrogens (tertiary/aromatic N) is 4. The Balaban J connectivity index is 1.72. The molecule has 0 unspecified atom stereocenters. The van der Waals surface area contributed by atoms with Crippen molar-refractivity contribution in [3.8, 4) is 5.75 Å². The number of amides is 1. The summed E-state index contributed by atoms with van der Waals surface area (Å²) >= 11 is 0. The van der Waals surface area contributed by atoms with E-state index in [2.05, 4.69) is 15.1 Å². The fraction of sp³-hybridized carbons (Fsp3) is 0.182. The Morgan fingerprint density at radius 2 is 1.83 bits per heavy atom. The number of hydrogen-bond donors (Lipinski definition) is 1. The SMILES string of the molecule is COc1ccccc1N(Cc1nc2nc(C)cc(=O)n2[nH]1)C(=O)Cc1ccccc1. The summed E-state index contributed by atoms with van der Waals surface area (Å²) in [4.78, 5) is 35.7. The van der Waals surface area contributed by atoms with Gasteiger partial charge in [-0.2, -0.15) is 9.50 Å². The Morgan fingerprint density at radius 1 is 1.10 bits per heavy atom. The predicted molar refractivity (Wildman–Crippen MR) is 113 cm³/mol. The predicted octanol–water partition coefficient (Wildman–Crippen LogP) is 2.51. The molecule has 0 aliphatic rings. The van der Waals surface area contributed by atoms with Gasteiger partial charge in [-0.1, -0.05) is 42.5 Å². The van der Waals surface area contributed by atoms with Gasteiger partial charge in [-0.3, -0.25) is 14.7 Å². The number of carbonyl (C=O) groups excluding carboxylic acids is 1. The van der Waals surface area contributed by atoms with Crippen LogP contribution in [0.1, 0.15) is 17.1 Å². The van der Waals surface area contributed by atoms with Crippen LogP contribution in [0.15, 0.2) is 65.5 Å². The maximum Gasteiger partial charge on any atom is 0.274 e. The molecular weight excluding hydrogens is 382 g/mol. The molecule has 2 heterocycles. The number of hydrogen-bond acceptors (Lipinski definition) is 5. The van der Waals surface area contributed by atoms with Crippen molar-refractivity contribution in [2.45, 2.75) is 19.9 Å². The quantitative estimate of drug-likeness (QED) is 0.534. The molecule has 30 heavy (non-hydrogen) atoms. The first-order valence-corrected chi connectivity index (χ1v) is 9.48. The molecule has 2 aromatic heterocycles. The minimum Gasteiger partial charge on any atom is -0.495 e. The first kappa shape index (κ1) is 19.4. The maximum absolute atomic E-state index is 13.3. The van der Waals surface area contributed by atoms with E-state index >= 15 is 0 Å². The van der Waals surface area contributed by atoms with Gasteiger partial charge in [0.05, 0.1) is 25.8 Å². The van der Waals surface area contributed by atoms with Crippen LogP contribution in [-0.4, -0.2) is 32.6 Å². The highest BCUT2D eigenvalue weighted by Crippen LogP contribution is 2.29. The number of methoxy groups -OCH3 is 1. The van der Waals surface area contributed by atoms with E-state index in [1.165, 1.54) is 10.6 Å². The van der Waals surface area contributed by atoms with Crippen molar-refractivity contribution in [2.75, 3.05) is 12.0 Å². The molecule has 4 rings (SSSR count). The van der Waals surface area contributed by atoms with Gasteiger partial charge in [0, 0.05) is 11.8 Å². The highest BCUT2D eigenvalue weighted by atomic mass is 16.5. The molecule has 0 atom stereocenters. The Bertz CT molecular complexity index is 1250. The van der Waals surface area contributed by atoms with Gasteiger partial charge < -0.3 is 9.64 Å². The van der Waals surface area contributed by atoms with Crippen molar-refractivity contribution in [2.24, 2.45) is 0 Å². The first-order valence-electron chi connectivity index (χ1n) is 9.48. The number of nitrogens with one attached hydrogen (secondary N) is 1. The van der Waals surface area contributed by atoms with Crippen LogP contribution in [0.5, 0.6) is 5.75 Å². The fourth-order valence-corrected chi connectivity index (χ4v) is 3.28. The molecular formula is C22H21N5O3. The average Bonchev–Trinajstić information content (AvgIpc) is 3.15. The Labute approximate surface area is 172 Å². The monoisotopic (exact) mass is 403 g/mol. The van der Waals surface area contributed by atoms with Crippen LogP contribution < -0.4 is 15.2 Å². The van der Waals surface area contributed by atoms with Gasteiger partial charge in [-0.25, -0.2) is 4.98 Å². The van der Waals surface area contributed by atoms with Crippen LogP contribution >= 0.6 is 0 Å². The van der Waals surface area contributed by atoms with Gasteiger partial charge in [-0.05, 0) is 24.6 Å². The minimum absolute atomic E-state index is 0.123. The number of H-pyrrole nitrogens is 1. The van der Waals surface area contributed by atoms with E-state index in [1.54, 1.807) is 25.0 Å². The lowest BCUT2D eigenvalue weighted by molar-refractivity contribution is -0.118. The molecule has 0 radical (unpaired) electrons. The Kier molecular flexibility index (Phi) is 5.30. The molecule has 1 N–H and O–H groups in total. The second-order valence-corrected chi connectivity index (χ2v) is 6.86. The fourth-order valence-electron chi connectivity index (χ4n) is 3.28. The Hall–Kier alpha value is -3.94. The molecule has 8 heteroatoms. The third-order valence-corrected chi connectivity index (χ3v) is 4.69. The van der Waals surface area contributed by atoms with Crippen LogP contribution in [0, 0.1) is 6.92 Å². The van der Waals surface area contributed by atoms with Crippen LogP contribution in [0.2, 0.25) is 0 Å². The van der Waals surface area contributed by atoms with Gasteiger partial charge >= 0.3 is 0 Å². The van der Waals surface area contributed by atoms with Gasteiger partial charge in [-0.15, -0.1) is 0 Å². The van der Waals surface area contributed by atoms with E-state index in [9.17, 15) is 9.59 Å². The van der Waals surface area contributed by atoms with E-state index < -0.39 is 0 Å². The lowest BCUT2D eigenvalue weighted by Gasteiger charge is -2.23. The van der Waals surface area contributed by atoms with E-state index in [0.29, 0.717) is 23.0 Å². The highest BCUT2D eigenvalue weighted by Gasteiger charge is 2.22. The lowest BCUT2D eigenvalue weighted by atomic mass is 10.1. The molecule has 152 valence electrons. The molecule has 2 aromatic carbocycles. The molecule has 0 spiro atoms. The number of fused-ring (bicyclic) bond motifs is 1. The summed E-state index contributed by atoms with van der Waals surface area (Å²) in [7, 11) is 1.56. The smallest absolute Gasteiger partial charge is 0.274 e. The highest BCUT2D eigenvalue weighted by molar-refractivity contribution is 5.96.